The topological polar surface area (TPSA) is 82.7 Å². The normalized spacial score (nSPS) is 10.8. The molecule has 0 aliphatic carbocycles. The zero-order valence-electron chi connectivity index (χ0n) is 15.7. The zero-order chi connectivity index (χ0) is 20.1. The van der Waals surface area contributed by atoms with Crippen LogP contribution in [0.4, 0.5) is 10.3 Å². The predicted molar refractivity (Wildman–Crippen MR) is 110 cm³/mol. The van der Waals surface area contributed by atoms with Crippen molar-refractivity contribution in [2.75, 3.05) is 11.9 Å². The van der Waals surface area contributed by atoms with E-state index in [4.69, 9.17) is 0 Å². The molecule has 146 valence electrons. The van der Waals surface area contributed by atoms with Gasteiger partial charge in [0.2, 0.25) is 5.95 Å². The number of hydrogen-bond acceptors (Lipinski definition) is 4. The lowest BCUT2D eigenvalue weighted by atomic mass is 10.1. The van der Waals surface area contributed by atoms with Crippen LogP contribution in [0.2, 0.25) is 0 Å². The molecule has 7 heteroatoms. The van der Waals surface area contributed by atoms with Crippen LogP contribution in [-0.2, 0) is 13.0 Å². The maximum absolute atomic E-state index is 13.6. The van der Waals surface area contributed by atoms with E-state index in [0.717, 1.165) is 22.9 Å². The number of aromatic amines is 1. The Morgan fingerprint density at radius 2 is 1.76 bits per heavy atom. The Labute approximate surface area is 167 Å². The number of carbonyl (C=O) groups is 1. The average Bonchev–Trinajstić information content (AvgIpc) is 3.17. The van der Waals surface area contributed by atoms with Crippen LogP contribution in [-0.4, -0.2) is 27.4 Å². The number of carbonyl (C=O) groups excluding carboxylic acids is 1. The summed E-state index contributed by atoms with van der Waals surface area (Å²) < 4.78 is 13.6. The number of anilines is 1. The molecule has 2 aromatic carbocycles. The van der Waals surface area contributed by atoms with Crippen molar-refractivity contribution in [3.8, 4) is 0 Å². The lowest BCUT2D eigenvalue weighted by Gasteiger charge is -2.07. The molecule has 0 aliphatic heterocycles. The number of aromatic nitrogens is 3. The molecule has 4 aromatic rings. The highest BCUT2D eigenvalue weighted by atomic mass is 19.1. The van der Waals surface area contributed by atoms with Crippen LogP contribution in [0.25, 0.3) is 10.9 Å². The summed E-state index contributed by atoms with van der Waals surface area (Å²) >= 11 is 0. The fraction of sp³-hybridized carbons (Fsp3) is 0.136. The van der Waals surface area contributed by atoms with E-state index in [9.17, 15) is 9.18 Å². The summed E-state index contributed by atoms with van der Waals surface area (Å²) in [7, 11) is 0. The summed E-state index contributed by atoms with van der Waals surface area (Å²) in [5.74, 6) is -0.180. The summed E-state index contributed by atoms with van der Waals surface area (Å²) in [6.45, 7) is 0.775. The Bertz CT molecular complexity index is 1120. The molecule has 0 saturated heterocycles. The van der Waals surface area contributed by atoms with Crippen LogP contribution in [0.15, 0.2) is 67.1 Å². The Kier molecular flexibility index (Phi) is 5.47. The second-order valence-corrected chi connectivity index (χ2v) is 6.61. The fourth-order valence-corrected chi connectivity index (χ4v) is 3.10. The number of rotatable bonds is 7. The summed E-state index contributed by atoms with van der Waals surface area (Å²) in [6, 6.07) is 14.6. The van der Waals surface area contributed by atoms with Crippen LogP contribution < -0.4 is 10.6 Å². The first-order valence-corrected chi connectivity index (χ1v) is 9.33. The highest BCUT2D eigenvalue weighted by Gasteiger charge is 2.09. The first kappa shape index (κ1) is 18.6. The molecule has 3 N–H and O–H groups in total. The summed E-state index contributed by atoms with van der Waals surface area (Å²) in [6.07, 6.45) is 5.60. The van der Waals surface area contributed by atoms with E-state index in [2.05, 4.69) is 31.7 Å². The van der Waals surface area contributed by atoms with Crippen molar-refractivity contribution in [1.29, 1.82) is 0 Å². The number of hydrogen-bond donors (Lipinski definition) is 3. The molecule has 0 bridgehead atoms. The minimum Gasteiger partial charge on any atom is -0.361 e. The van der Waals surface area contributed by atoms with Crippen molar-refractivity contribution in [3.63, 3.8) is 0 Å². The van der Waals surface area contributed by atoms with Crippen molar-refractivity contribution in [2.45, 2.75) is 13.0 Å². The van der Waals surface area contributed by atoms with E-state index >= 15 is 0 Å². The van der Waals surface area contributed by atoms with Gasteiger partial charge in [-0.2, -0.15) is 0 Å². The molecule has 0 saturated carbocycles. The number of H-pyrrole nitrogens is 1. The van der Waals surface area contributed by atoms with Gasteiger partial charge in [0.05, 0.1) is 5.56 Å². The van der Waals surface area contributed by atoms with Gasteiger partial charge in [0, 0.05) is 48.1 Å². The number of para-hydroxylation sites is 1. The summed E-state index contributed by atoms with van der Waals surface area (Å²) in [5, 5.41) is 7.00. The van der Waals surface area contributed by atoms with Crippen molar-refractivity contribution in [1.82, 2.24) is 20.3 Å². The molecule has 0 atom stereocenters. The Morgan fingerprint density at radius 1 is 1.00 bits per heavy atom. The highest BCUT2D eigenvalue weighted by Crippen LogP contribution is 2.17. The number of amides is 1. The van der Waals surface area contributed by atoms with Crippen LogP contribution in [0.1, 0.15) is 21.5 Å². The Morgan fingerprint density at radius 3 is 2.59 bits per heavy atom. The van der Waals surface area contributed by atoms with Crippen LogP contribution >= 0.6 is 0 Å². The Balaban J connectivity index is 1.29. The minimum absolute atomic E-state index is 0.231. The van der Waals surface area contributed by atoms with Crippen molar-refractivity contribution in [2.24, 2.45) is 0 Å². The largest absolute Gasteiger partial charge is 0.361 e. The highest BCUT2D eigenvalue weighted by molar-refractivity contribution is 5.93. The van der Waals surface area contributed by atoms with Crippen LogP contribution in [0, 0.1) is 5.82 Å². The van der Waals surface area contributed by atoms with Gasteiger partial charge in [-0.15, -0.1) is 0 Å². The van der Waals surface area contributed by atoms with Gasteiger partial charge in [-0.3, -0.25) is 4.79 Å². The fourth-order valence-electron chi connectivity index (χ4n) is 3.10. The van der Waals surface area contributed by atoms with Crippen molar-refractivity contribution >= 4 is 22.8 Å². The molecule has 2 heterocycles. The number of halogens is 1. The van der Waals surface area contributed by atoms with Crippen molar-refractivity contribution < 1.29 is 9.18 Å². The molecule has 2 aromatic heterocycles. The van der Waals surface area contributed by atoms with Gasteiger partial charge in [-0.05, 0) is 24.1 Å². The molecule has 0 unspecified atom stereocenters. The summed E-state index contributed by atoms with van der Waals surface area (Å²) in [5.41, 5.74) is 3.14. The van der Waals surface area contributed by atoms with E-state index in [1.54, 1.807) is 18.2 Å². The standard InChI is InChI=1S/C22H20FN5O/c23-19-7-3-1-5-16(19)12-26-22-27-13-17(14-28-22)21(29)24-10-9-15-11-25-20-8-4-2-6-18(15)20/h1-8,11,13-14,25H,9-10,12H2,(H,24,29)(H,26,27,28). The molecular formula is C22H20FN5O. The van der Waals surface area contributed by atoms with E-state index in [0.29, 0.717) is 23.6 Å². The van der Waals surface area contributed by atoms with Crippen LogP contribution in [0.5, 0.6) is 0 Å². The van der Waals surface area contributed by atoms with E-state index in [1.165, 1.54) is 18.5 Å². The van der Waals surface area contributed by atoms with Gasteiger partial charge < -0.3 is 15.6 Å². The number of benzene rings is 2. The second-order valence-electron chi connectivity index (χ2n) is 6.61. The quantitative estimate of drug-likeness (QED) is 0.450. The molecule has 0 radical (unpaired) electrons. The van der Waals surface area contributed by atoms with Gasteiger partial charge in [-0.1, -0.05) is 36.4 Å². The molecule has 29 heavy (non-hydrogen) atoms. The van der Waals surface area contributed by atoms with E-state index < -0.39 is 0 Å². The third-order valence-corrected chi connectivity index (χ3v) is 4.66. The Hall–Kier alpha value is -3.74. The van der Waals surface area contributed by atoms with Gasteiger partial charge in [0.25, 0.3) is 5.91 Å². The third kappa shape index (κ3) is 4.40. The maximum Gasteiger partial charge on any atom is 0.254 e. The van der Waals surface area contributed by atoms with E-state index in [-0.39, 0.29) is 18.3 Å². The molecule has 1 amide bonds. The maximum atomic E-state index is 13.6. The van der Waals surface area contributed by atoms with Gasteiger partial charge in [0.15, 0.2) is 0 Å². The summed E-state index contributed by atoms with van der Waals surface area (Å²) in [4.78, 5) is 23.8. The van der Waals surface area contributed by atoms with Gasteiger partial charge in [-0.25, -0.2) is 14.4 Å². The number of nitrogens with one attached hydrogen (secondary N) is 3. The van der Waals surface area contributed by atoms with Crippen molar-refractivity contribution in [3.05, 3.63) is 89.6 Å². The SMILES string of the molecule is O=C(NCCc1c[nH]c2ccccc12)c1cnc(NCc2ccccc2F)nc1. The molecule has 4 rings (SSSR count). The average molecular weight is 389 g/mol. The van der Waals surface area contributed by atoms with Crippen LogP contribution in [0.3, 0.4) is 0 Å². The molecular weight excluding hydrogens is 369 g/mol. The first-order chi connectivity index (χ1) is 14.2. The first-order valence-electron chi connectivity index (χ1n) is 9.33. The predicted octanol–water partition coefficient (Wildman–Crippen LogP) is 3.68. The minimum atomic E-state index is -0.286. The lowest BCUT2D eigenvalue weighted by molar-refractivity contribution is 0.0953. The monoisotopic (exact) mass is 389 g/mol. The molecule has 0 spiro atoms. The zero-order valence-corrected chi connectivity index (χ0v) is 15.7. The second kappa shape index (κ2) is 8.52. The van der Waals surface area contributed by atoms with Gasteiger partial charge in [0.1, 0.15) is 5.82 Å². The number of nitrogens with zero attached hydrogens (tertiary/aromatic N) is 2. The number of fused-ring (bicyclic) bond motifs is 1. The van der Waals surface area contributed by atoms with E-state index in [1.807, 2.05) is 24.4 Å². The van der Waals surface area contributed by atoms with Gasteiger partial charge >= 0.3 is 0 Å². The lowest BCUT2D eigenvalue weighted by Crippen LogP contribution is -2.26. The smallest absolute Gasteiger partial charge is 0.254 e. The third-order valence-electron chi connectivity index (χ3n) is 4.66. The molecule has 6 nitrogen and oxygen atoms in total. The molecule has 0 fully saturated rings. The molecule has 0 aliphatic rings.